The summed E-state index contributed by atoms with van der Waals surface area (Å²) < 4.78 is 14.3. The van der Waals surface area contributed by atoms with E-state index in [9.17, 15) is 9.18 Å². The lowest BCUT2D eigenvalue weighted by molar-refractivity contribution is 0.102. The molecule has 0 aromatic heterocycles. The standard InChI is InChI=1S/C13H7Br2ClFNO/c14-9-3-1-7(5-12(9)17)13(19)18-8-2-4-11(16)10(15)6-8/h1-6H,(H,18,19). The van der Waals surface area contributed by atoms with Gasteiger partial charge in [-0.25, -0.2) is 4.39 Å². The molecule has 0 radical (unpaired) electrons. The molecular weight excluding hydrogens is 400 g/mol. The quantitative estimate of drug-likeness (QED) is 0.723. The van der Waals surface area contributed by atoms with E-state index < -0.39 is 5.82 Å². The maximum Gasteiger partial charge on any atom is 0.255 e. The minimum Gasteiger partial charge on any atom is -0.322 e. The SMILES string of the molecule is O=C(Nc1ccc(Cl)c(Br)c1)c1ccc(Br)c(F)c1. The number of rotatable bonds is 2. The van der Waals surface area contributed by atoms with E-state index in [1.165, 1.54) is 18.2 Å². The lowest BCUT2D eigenvalue weighted by atomic mass is 10.2. The second-order valence-electron chi connectivity index (χ2n) is 3.71. The van der Waals surface area contributed by atoms with E-state index in [1.54, 1.807) is 18.2 Å². The topological polar surface area (TPSA) is 29.1 Å². The predicted octanol–water partition coefficient (Wildman–Crippen LogP) is 5.26. The zero-order valence-electron chi connectivity index (χ0n) is 9.38. The Morgan fingerprint density at radius 3 is 2.47 bits per heavy atom. The molecule has 1 N–H and O–H groups in total. The Balaban J connectivity index is 2.20. The molecule has 0 aliphatic heterocycles. The maximum absolute atomic E-state index is 13.3. The zero-order valence-corrected chi connectivity index (χ0v) is 13.3. The first kappa shape index (κ1) is 14.5. The van der Waals surface area contributed by atoms with Crippen molar-refractivity contribution in [3.63, 3.8) is 0 Å². The van der Waals surface area contributed by atoms with Crippen LogP contribution in [0.1, 0.15) is 10.4 Å². The van der Waals surface area contributed by atoms with Gasteiger partial charge in [-0.05, 0) is 68.3 Å². The van der Waals surface area contributed by atoms with E-state index in [0.717, 1.165) is 0 Å². The van der Waals surface area contributed by atoms with Crippen LogP contribution in [0.2, 0.25) is 5.02 Å². The molecule has 2 nitrogen and oxygen atoms in total. The third-order valence-corrected chi connectivity index (χ3v) is 4.22. The predicted molar refractivity (Wildman–Crippen MR) is 81.2 cm³/mol. The van der Waals surface area contributed by atoms with Gasteiger partial charge in [0, 0.05) is 15.7 Å². The molecule has 2 aromatic rings. The number of carbonyl (C=O) groups excluding carboxylic acids is 1. The van der Waals surface area contributed by atoms with Gasteiger partial charge in [-0.15, -0.1) is 0 Å². The zero-order chi connectivity index (χ0) is 14.0. The largest absolute Gasteiger partial charge is 0.322 e. The van der Waals surface area contributed by atoms with Crippen molar-refractivity contribution in [2.75, 3.05) is 5.32 Å². The van der Waals surface area contributed by atoms with E-state index in [0.29, 0.717) is 19.7 Å². The molecule has 0 bridgehead atoms. The van der Waals surface area contributed by atoms with Crippen molar-refractivity contribution in [2.24, 2.45) is 0 Å². The Labute approximate surface area is 131 Å². The van der Waals surface area contributed by atoms with Gasteiger partial charge in [0.05, 0.1) is 9.50 Å². The van der Waals surface area contributed by atoms with Crippen molar-refractivity contribution in [1.29, 1.82) is 0 Å². The van der Waals surface area contributed by atoms with Crippen LogP contribution in [-0.2, 0) is 0 Å². The van der Waals surface area contributed by atoms with Gasteiger partial charge >= 0.3 is 0 Å². The van der Waals surface area contributed by atoms with Crippen LogP contribution in [0, 0.1) is 5.82 Å². The molecule has 0 aliphatic rings. The number of carbonyl (C=O) groups is 1. The van der Waals surface area contributed by atoms with Gasteiger partial charge in [-0.3, -0.25) is 4.79 Å². The van der Waals surface area contributed by atoms with Gasteiger partial charge in [0.15, 0.2) is 0 Å². The molecular formula is C13H7Br2ClFNO. The van der Waals surface area contributed by atoms with Crippen molar-refractivity contribution in [1.82, 2.24) is 0 Å². The molecule has 6 heteroatoms. The first-order valence-electron chi connectivity index (χ1n) is 5.19. The van der Waals surface area contributed by atoms with Crippen LogP contribution in [0.3, 0.4) is 0 Å². The summed E-state index contributed by atoms with van der Waals surface area (Å²) in [6, 6.07) is 9.19. The number of anilines is 1. The van der Waals surface area contributed by atoms with Gasteiger partial charge in [-0.2, -0.15) is 0 Å². The van der Waals surface area contributed by atoms with Crippen LogP contribution in [-0.4, -0.2) is 5.91 Å². The third kappa shape index (κ3) is 3.55. The van der Waals surface area contributed by atoms with Gasteiger partial charge in [-0.1, -0.05) is 11.6 Å². The average Bonchev–Trinajstić information content (AvgIpc) is 2.37. The van der Waals surface area contributed by atoms with E-state index in [-0.39, 0.29) is 11.5 Å². The number of hydrogen-bond acceptors (Lipinski definition) is 1. The number of benzene rings is 2. The molecule has 0 heterocycles. The van der Waals surface area contributed by atoms with Crippen molar-refractivity contribution in [3.05, 3.63) is 61.7 Å². The molecule has 0 atom stereocenters. The van der Waals surface area contributed by atoms with E-state index in [1.807, 2.05) is 0 Å². The lowest BCUT2D eigenvalue weighted by Gasteiger charge is -2.07. The van der Waals surface area contributed by atoms with Crippen LogP contribution >= 0.6 is 43.5 Å². The summed E-state index contributed by atoms with van der Waals surface area (Å²) >= 11 is 12.2. The minimum absolute atomic E-state index is 0.242. The van der Waals surface area contributed by atoms with Crippen LogP contribution in [0.25, 0.3) is 0 Å². The lowest BCUT2D eigenvalue weighted by Crippen LogP contribution is -2.12. The fourth-order valence-electron chi connectivity index (χ4n) is 1.41. The molecule has 0 saturated heterocycles. The van der Waals surface area contributed by atoms with Crippen LogP contribution in [0.5, 0.6) is 0 Å². The summed E-state index contributed by atoms with van der Waals surface area (Å²) in [6.07, 6.45) is 0. The fraction of sp³-hybridized carbons (Fsp3) is 0. The Hall–Kier alpha value is -0.910. The smallest absolute Gasteiger partial charge is 0.255 e. The molecule has 0 spiro atoms. The van der Waals surface area contributed by atoms with Gasteiger partial charge < -0.3 is 5.32 Å². The Bertz CT molecular complexity index is 649. The monoisotopic (exact) mass is 405 g/mol. The molecule has 1 amide bonds. The highest BCUT2D eigenvalue weighted by Crippen LogP contribution is 2.26. The second kappa shape index (κ2) is 6.03. The average molecular weight is 407 g/mol. The Kier molecular flexibility index (Phi) is 4.60. The number of amides is 1. The molecule has 2 rings (SSSR count). The normalized spacial score (nSPS) is 10.3. The summed E-state index contributed by atoms with van der Waals surface area (Å²) in [5, 5.41) is 3.21. The highest BCUT2D eigenvalue weighted by atomic mass is 79.9. The Morgan fingerprint density at radius 1 is 1.11 bits per heavy atom. The summed E-state index contributed by atoms with van der Waals surface area (Å²) in [5.74, 6) is -0.870. The van der Waals surface area contributed by atoms with Crippen LogP contribution < -0.4 is 5.32 Å². The highest BCUT2D eigenvalue weighted by molar-refractivity contribution is 9.10. The molecule has 98 valence electrons. The molecule has 19 heavy (non-hydrogen) atoms. The highest BCUT2D eigenvalue weighted by Gasteiger charge is 2.09. The van der Waals surface area contributed by atoms with Crippen LogP contribution in [0.4, 0.5) is 10.1 Å². The second-order valence-corrected chi connectivity index (χ2v) is 5.83. The number of nitrogens with one attached hydrogen (secondary N) is 1. The third-order valence-electron chi connectivity index (χ3n) is 2.36. The van der Waals surface area contributed by atoms with E-state index >= 15 is 0 Å². The van der Waals surface area contributed by atoms with Crippen molar-refractivity contribution < 1.29 is 9.18 Å². The molecule has 2 aromatic carbocycles. The first-order valence-corrected chi connectivity index (χ1v) is 7.15. The van der Waals surface area contributed by atoms with E-state index in [2.05, 4.69) is 37.2 Å². The van der Waals surface area contributed by atoms with Crippen molar-refractivity contribution in [3.8, 4) is 0 Å². The fourth-order valence-corrected chi connectivity index (χ4v) is 2.16. The maximum atomic E-state index is 13.3. The molecule has 0 fully saturated rings. The molecule has 0 aliphatic carbocycles. The van der Waals surface area contributed by atoms with Crippen molar-refractivity contribution >= 4 is 55.1 Å². The van der Waals surface area contributed by atoms with Gasteiger partial charge in [0.25, 0.3) is 5.91 Å². The van der Waals surface area contributed by atoms with Crippen LogP contribution in [0.15, 0.2) is 45.3 Å². The van der Waals surface area contributed by atoms with Gasteiger partial charge in [0.1, 0.15) is 5.82 Å². The number of halogens is 4. The summed E-state index contributed by atoms with van der Waals surface area (Å²) in [7, 11) is 0. The van der Waals surface area contributed by atoms with Crippen molar-refractivity contribution in [2.45, 2.75) is 0 Å². The number of hydrogen-bond donors (Lipinski definition) is 1. The Morgan fingerprint density at radius 2 is 1.84 bits per heavy atom. The summed E-state index contributed by atoms with van der Waals surface area (Å²) in [5.41, 5.74) is 0.816. The van der Waals surface area contributed by atoms with Gasteiger partial charge in [0.2, 0.25) is 0 Å². The molecule has 0 saturated carbocycles. The minimum atomic E-state index is -0.482. The summed E-state index contributed by atoms with van der Waals surface area (Å²) in [4.78, 5) is 11.9. The summed E-state index contributed by atoms with van der Waals surface area (Å²) in [6.45, 7) is 0. The first-order chi connectivity index (χ1) is 8.97. The molecule has 0 unspecified atom stereocenters. The van der Waals surface area contributed by atoms with E-state index in [4.69, 9.17) is 11.6 Å².